The topological polar surface area (TPSA) is 106 Å². The summed E-state index contributed by atoms with van der Waals surface area (Å²) in [5, 5.41) is 8.57. The number of unbranched alkanes of at least 4 members (excludes halogenated alkanes) is 3. The van der Waals surface area contributed by atoms with E-state index < -0.39 is 23.7 Å². The zero-order chi connectivity index (χ0) is 21.9. The van der Waals surface area contributed by atoms with Gasteiger partial charge in [0, 0.05) is 12.6 Å². The third-order valence-corrected chi connectivity index (χ3v) is 5.02. The smallest absolute Gasteiger partial charge is 0.408 e. The molecule has 1 saturated carbocycles. The zero-order valence-corrected chi connectivity index (χ0v) is 18.6. The minimum absolute atomic E-state index is 0.0508. The van der Waals surface area contributed by atoms with E-state index in [1.54, 1.807) is 20.8 Å². The van der Waals surface area contributed by atoms with E-state index in [-0.39, 0.29) is 18.0 Å². The van der Waals surface area contributed by atoms with Crippen LogP contribution in [-0.4, -0.2) is 49.4 Å². The minimum Gasteiger partial charge on any atom is -0.467 e. The van der Waals surface area contributed by atoms with E-state index in [1.165, 1.54) is 20.0 Å². The molecule has 1 unspecified atom stereocenters. The van der Waals surface area contributed by atoms with E-state index in [2.05, 4.69) is 22.9 Å². The van der Waals surface area contributed by atoms with Gasteiger partial charge >= 0.3 is 18.1 Å². The molecule has 29 heavy (non-hydrogen) atoms. The molecule has 0 aromatic heterocycles. The van der Waals surface area contributed by atoms with Gasteiger partial charge < -0.3 is 25.4 Å². The molecule has 0 radical (unpaired) electrons. The van der Waals surface area contributed by atoms with Crippen molar-refractivity contribution in [1.29, 1.82) is 0 Å². The molecule has 0 aromatic carbocycles. The zero-order valence-electron chi connectivity index (χ0n) is 18.6. The third-order valence-electron chi connectivity index (χ3n) is 5.02. The van der Waals surface area contributed by atoms with Crippen LogP contribution in [0.3, 0.4) is 0 Å². The van der Waals surface area contributed by atoms with Crippen LogP contribution in [0.1, 0.15) is 79.1 Å². The van der Waals surface area contributed by atoms with Gasteiger partial charge in [-0.05, 0) is 58.8 Å². The Labute approximate surface area is 174 Å². The minimum atomic E-state index is -0.747. The van der Waals surface area contributed by atoms with Crippen molar-refractivity contribution >= 4 is 18.1 Å². The highest BCUT2D eigenvalue weighted by Crippen LogP contribution is 2.28. The summed E-state index contributed by atoms with van der Waals surface area (Å²) < 4.78 is 10.1. The molecular formula is C21H39N3O5. The van der Waals surface area contributed by atoms with Gasteiger partial charge in [-0.1, -0.05) is 26.2 Å². The lowest BCUT2D eigenvalue weighted by molar-refractivity contribution is -0.145. The van der Waals surface area contributed by atoms with Crippen molar-refractivity contribution in [1.82, 2.24) is 16.0 Å². The number of carbonyl (C=O) groups excluding carboxylic acids is 3. The summed E-state index contributed by atoms with van der Waals surface area (Å²) in [5.74, 6) is -0.526. The first kappa shape index (κ1) is 25.0. The normalized spacial score (nSPS) is 20.3. The number of amides is 3. The number of alkyl carbamates (subject to hydrolysis) is 1. The molecule has 8 heteroatoms. The fourth-order valence-corrected chi connectivity index (χ4v) is 3.52. The maximum absolute atomic E-state index is 12.2. The van der Waals surface area contributed by atoms with E-state index in [4.69, 9.17) is 9.47 Å². The fraction of sp³-hybridized carbons (Fsp3) is 0.857. The standard InChI is InChI=1S/C21H39N3O5/c1-6-7-8-9-14-22-19(26)23-16-12-10-15(11-13-16)17(18(25)28-5)24-20(27)29-21(2,3)4/h15-17H,6-14H2,1-5H3,(H,24,27)(H2,22,23,26). The number of urea groups is 1. The predicted octanol–water partition coefficient (Wildman–Crippen LogP) is 3.49. The van der Waals surface area contributed by atoms with E-state index in [0.29, 0.717) is 19.4 Å². The number of ether oxygens (including phenoxy) is 2. The molecular weight excluding hydrogens is 374 g/mol. The van der Waals surface area contributed by atoms with E-state index in [1.807, 2.05) is 0 Å². The lowest BCUT2D eigenvalue weighted by atomic mass is 9.81. The molecule has 0 saturated heterocycles. The first-order chi connectivity index (χ1) is 13.7. The van der Waals surface area contributed by atoms with Gasteiger partial charge in [0.1, 0.15) is 11.6 Å². The van der Waals surface area contributed by atoms with Gasteiger partial charge in [-0.2, -0.15) is 0 Å². The monoisotopic (exact) mass is 413 g/mol. The summed E-state index contributed by atoms with van der Waals surface area (Å²) in [4.78, 5) is 36.3. The molecule has 0 heterocycles. The molecule has 168 valence electrons. The van der Waals surface area contributed by atoms with Crippen LogP contribution >= 0.6 is 0 Å². The second kappa shape index (κ2) is 12.5. The summed E-state index contributed by atoms with van der Waals surface area (Å²) in [7, 11) is 1.31. The fourth-order valence-electron chi connectivity index (χ4n) is 3.52. The molecule has 8 nitrogen and oxygen atoms in total. The van der Waals surface area contributed by atoms with Crippen LogP contribution in [0, 0.1) is 5.92 Å². The molecule has 1 aliphatic carbocycles. The Kier molecular flexibility index (Phi) is 10.8. The van der Waals surface area contributed by atoms with E-state index in [0.717, 1.165) is 25.7 Å². The van der Waals surface area contributed by atoms with Gasteiger partial charge in [0.2, 0.25) is 0 Å². The Balaban J connectivity index is 2.45. The van der Waals surface area contributed by atoms with Crippen LogP contribution < -0.4 is 16.0 Å². The molecule has 0 aromatic rings. The quantitative estimate of drug-likeness (QED) is 0.396. The largest absolute Gasteiger partial charge is 0.467 e. The highest BCUT2D eigenvalue weighted by molar-refractivity contribution is 5.81. The molecule has 1 rings (SSSR count). The highest BCUT2D eigenvalue weighted by Gasteiger charge is 2.35. The average molecular weight is 414 g/mol. The number of carbonyl (C=O) groups is 3. The molecule has 3 N–H and O–H groups in total. The second-order valence-corrected chi connectivity index (χ2v) is 8.72. The van der Waals surface area contributed by atoms with Crippen molar-refractivity contribution in [3.63, 3.8) is 0 Å². The van der Waals surface area contributed by atoms with Crippen molar-refractivity contribution < 1.29 is 23.9 Å². The molecule has 1 atom stereocenters. The first-order valence-electron chi connectivity index (χ1n) is 10.8. The van der Waals surface area contributed by atoms with Gasteiger partial charge in [0.15, 0.2) is 0 Å². The Morgan fingerprint density at radius 2 is 1.69 bits per heavy atom. The summed E-state index contributed by atoms with van der Waals surface area (Å²) in [6.07, 6.45) is 6.75. The van der Waals surface area contributed by atoms with E-state index in [9.17, 15) is 14.4 Å². The van der Waals surface area contributed by atoms with Gasteiger partial charge in [-0.25, -0.2) is 14.4 Å². The van der Waals surface area contributed by atoms with Crippen LogP contribution in [0.5, 0.6) is 0 Å². The van der Waals surface area contributed by atoms with Crippen molar-refractivity contribution in [2.75, 3.05) is 13.7 Å². The first-order valence-corrected chi connectivity index (χ1v) is 10.8. The van der Waals surface area contributed by atoms with Gasteiger partial charge in [-0.3, -0.25) is 0 Å². The van der Waals surface area contributed by atoms with Crippen molar-refractivity contribution in [2.24, 2.45) is 5.92 Å². The van der Waals surface area contributed by atoms with Gasteiger partial charge in [0.05, 0.1) is 7.11 Å². The molecule has 1 aliphatic rings. The van der Waals surface area contributed by atoms with Gasteiger partial charge in [0.25, 0.3) is 0 Å². The van der Waals surface area contributed by atoms with Crippen LogP contribution in [0.15, 0.2) is 0 Å². The molecule has 3 amide bonds. The van der Waals surface area contributed by atoms with Crippen molar-refractivity contribution in [2.45, 2.75) is 96.7 Å². The lowest BCUT2D eigenvalue weighted by Crippen LogP contribution is -2.51. The summed E-state index contributed by atoms with van der Waals surface area (Å²) in [6, 6.07) is -0.814. The van der Waals surface area contributed by atoms with Crippen LogP contribution in [0.4, 0.5) is 9.59 Å². The number of hydrogen-bond acceptors (Lipinski definition) is 5. The van der Waals surface area contributed by atoms with Gasteiger partial charge in [-0.15, -0.1) is 0 Å². The number of hydrogen-bond donors (Lipinski definition) is 3. The van der Waals surface area contributed by atoms with Crippen molar-refractivity contribution in [3.05, 3.63) is 0 Å². The number of methoxy groups -OCH3 is 1. The lowest BCUT2D eigenvalue weighted by Gasteiger charge is -2.33. The van der Waals surface area contributed by atoms with Crippen LogP contribution in [0.25, 0.3) is 0 Å². The second-order valence-electron chi connectivity index (χ2n) is 8.72. The van der Waals surface area contributed by atoms with E-state index >= 15 is 0 Å². The SMILES string of the molecule is CCCCCCNC(=O)NC1CCC(C(NC(=O)OC(C)(C)C)C(=O)OC)CC1. The summed E-state index contributed by atoms with van der Waals surface area (Å²) >= 11 is 0. The maximum Gasteiger partial charge on any atom is 0.408 e. The summed E-state index contributed by atoms with van der Waals surface area (Å²) in [6.45, 7) is 8.15. The molecule has 0 bridgehead atoms. The summed E-state index contributed by atoms with van der Waals surface area (Å²) in [5.41, 5.74) is -0.643. The average Bonchev–Trinajstić information content (AvgIpc) is 2.64. The van der Waals surface area contributed by atoms with Crippen LogP contribution in [0.2, 0.25) is 0 Å². The Bertz CT molecular complexity index is 525. The highest BCUT2D eigenvalue weighted by atomic mass is 16.6. The maximum atomic E-state index is 12.2. The third kappa shape index (κ3) is 10.4. The Hall–Kier alpha value is -1.99. The Morgan fingerprint density at radius 3 is 2.24 bits per heavy atom. The van der Waals surface area contributed by atoms with Crippen molar-refractivity contribution in [3.8, 4) is 0 Å². The number of rotatable bonds is 9. The predicted molar refractivity (Wildman–Crippen MR) is 112 cm³/mol. The number of nitrogens with one attached hydrogen (secondary N) is 3. The molecule has 0 aliphatic heterocycles. The number of esters is 1. The molecule has 0 spiro atoms. The Morgan fingerprint density at radius 1 is 1.03 bits per heavy atom. The van der Waals surface area contributed by atoms with Crippen LogP contribution in [-0.2, 0) is 14.3 Å². The molecule has 1 fully saturated rings.